The summed E-state index contributed by atoms with van der Waals surface area (Å²) in [5.41, 5.74) is 1.91. The maximum Gasteiger partial charge on any atom is 0.227 e. The molecule has 0 aliphatic rings. The molecule has 3 rings (SSSR count). The van der Waals surface area contributed by atoms with Crippen molar-refractivity contribution in [2.75, 3.05) is 5.32 Å². The molecule has 0 aliphatic heterocycles. The summed E-state index contributed by atoms with van der Waals surface area (Å²) in [5.74, 6) is 0.407. The average molecular weight is 457 g/mol. The van der Waals surface area contributed by atoms with E-state index in [0.29, 0.717) is 35.4 Å². The predicted octanol–water partition coefficient (Wildman–Crippen LogP) is 4.53. The molecule has 0 spiro atoms. The van der Waals surface area contributed by atoms with Gasteiger partial charge in [-0.05, 0) is 40.5 Å². The van der Waals surface area contributed by atoms with Crippen LogP contribution in [0.4, 0.5) is 5.82 Å². The zero-order valence-electron chi connectivity index (χ0n) is 13.9. The number of halogens is 3. The summed E-state index contributed by atoms with van der Waals surface area (Å²) < 4.78 is 4.40. The topological polar surface area (TPSA) is 64.7 Å². The fourth-order valence-corrected chi connectivity index (χ4v) is 3.07. The van der Waals surface area contributed by atoms with Gasteiger partial charge in [-0.2, -0.15) is 10.2 Å². The van der Waals surface area contributed by atoms with Crippen LogP contribution in [0.1, 0.15) is 17.7 Å². The maximum atomic E-state index is 12.1. The number of benzene rings is 1. The van der Waals surface area contributed by atoms with Crippen molar-refractivity contribution in [2.45, 2.75) is 26.4 Å². The van der Waals surface area contributed by atoms with Crippen LogP contribution in [-0.2, 0) is 17.9 Å². The minimum atomic E-state index is -0.115. The number of carbonyl (C=O) groups excluding carboxylic acids is 1. The molecule has 26 heavy (non-hydrogen) atoms. The summed E-state index contributed by atoms with van der Waals surface area (Å²) in [5, 5.41) is 12.4. The number of nitrogens with one attached hydrogen (secondary N) is 1. The van der Waals surface area contributed by atoms with Crippen LogP contribution in [-0.4, -0.2) is 25.5 Å². The fourth-order valence-electron chi connectivity index (χ4n) is 2.42. The van der Waals surface area contributed by atoms with Gasteiger partial charge in [-0.1, -0.05) is 29.3 Å². The summed E-state index contributed by atoms with van der Waals surface area (Å²) >= 11 is 15.3. The highest BCUT2D eigenvalue weighted by molar-refractivity contribution is 9.10. The Hall–Kier alpha value is -1.83. The van der Waals surface area contributed by atoms with Gasteiger partial charge in [0.2, 0.25) is 5.91 Å². The highest BCUT2D eigenvalue weighted by atomic mass is 79.9. The summed E-state index contributed by atoms with van der Waals surface area (Å²) in [6.07, 6.45) is 3.82. The molecular weight excluding hydrogens is 441 g/mol. The molecule has 9 heteroatoms. The van der Waals surface area contributed by atoms with Gasteiger partial charge in [0.05, 0.1) is 27.3 Å². The Morgan fingerprint density at radius 2 is 2.08 bits per heavy atom. The maximum absolute atomic E-state index is 12.1. The van der Waals surface area contributed by atoms with Gasteiger partial charge in [0.25, 0.3) is 0 Å². The van der Waals surface area contributed by atoms with Gasteiger partial charge in [-0.3, -0.25) is 14.2 Å². The zero-order chi connectivity index (χ0) is 18.7. The van der Waals surface area contributed by atoms with Crippen molar-refractivity contribution in [3.8, 4) is 0 Å². The van der Waals surface area contributed by atoms with Crippen LogP contribution in [0.25, 0.3) is 0 Å². The Balaban J connectivity index is 1.60. The van der Waals surface area contributed by atoms with Gasteiger partial charge in [0.15, 0.2) is 5.82 Å². The lowest BCUT2D eigenvalue weighted by atomic mass is 10.2. The van der Waals surface area contributed by atoms with E-state index in [9.17, 15) is 4.79 Å². The number of rotatable bonds is 6. The first-order valence-electron chi connectivity index (χ1n) is 7.87. The van der Waals surface area contributed by atoms with Gasteiger partial charge in [-0.15, -0.1) is 0 Å². The molecule has 0 saturated carbocycles. The zero-order valence-corrected chi connectivity index (χ0v) is 17.0. The molecule has 2 aromatic heterocycles. The van der Waals surface area contributed by atoms with Crippen LogP contribution in [0.3, 0.4) is 0 Å². The molecule has 0 radical (unpaired) electrons. The Kier molecular flexibility index (Phi) is 6.01. The second-order valence-corrected chi connectivity index (χ2v) is 7.53. The van der Waals surface area contributed by atoms with E-state index in [1.54, 1.807) is 21.6 Å². The van der Waals surface area contributed by atoms with E-state index < -0.39 is 0 Å². The first kappa shape index (κ1) is 18.9. The van der Waals surface area contributed by atoms with Gasteiger partial charge in [-0.25, -0.2) is 0 Å². The van der Waals surface area contributed by atoms with Crippen molar-refractivity contribution in [3.05, 3.63) is 62.4 Å². The van der Waals surface area contributed by atoms with Crippen molar-refractivity contribution in [2.24, 2.45) is 0 Å². The second-order valence-electron chi connectivity index (χ2n) is 5.80. The van der Waals surface area contributed by atoms with Gasteiger partial charge in [0.1, 0.15) is 0 Å². The largest absolute Gasteiger partial charge is 0.309 e. The molecule has 2 heterocycles. The summed E-state index contributed by atoms with van der Waals surface area (Å²) in [6, 6.07) is 7.30. The molecule has 0 fully saturated rings. The third-order valence-electron chi connectivity index (χ3n) is 3.73. The van der Waals surface area contributed by atoms with Crippen LogP contribution in [0.2, 0.25) is 10.0 Å². The number of hydrogen-bond acceptors (Lipinski definition) is 3. The average Bonchev–Trinajstić information content (AvgIpc) is 3.15. The lowest BCUT2D eigenvalue weighted by Crippen LogP contribution is -2.15. The minimum Gasteiger partial charge on any atom is -0.309 e. The van der Waals surface area contributed by atoms with E-state index in [4.69, 9.17) is 23.2 Å². The normalized spacial score (nSPS) is 10.9. The molecule has 0 aliphatic carbocycles. The van der Waals surface area contributed by atoms with Crippen molar-refractivity contribution >= 4 is 50.9 Å². The fraction of sp³-hybridized carbons (Fsp3) is 0.235. The number of hydrogen-bond donors (Lipinski definition) is 1. The molecular formula is C17H16BrCl2N5O. The molecule has 0 unspecified atom stereocenters. The van der Waals surface area contributed by atoms with Crippen LogP contribution in [0.5, 0.6) is 0 Å². The highest BCUT2D eigenvalue weighted by Crippen LogP contribution is 2.23. The van der Waals surface area contributed by atoms with E-state index in [1.807, 2.05) is 31.3 Å². The lowest BCUT2D eigenvalue weighted by molar-refractivity contribution is -0.116. The number of amides is 1. The van der Waals surface area contributed by atoms with Crippen LogP contribution in [0.15, 0.2) is 41.1 Å². The molecule has 1 N–H and O–H groups in total. The van der Waals surface area contributed by atoms with Crippen molar-refractivity contribution < 1.29 is 4.79 Å². The molecule has 0 bridgehead atoms. The van der Waals surface area contributed by atoms with E-state index in [0.717, 1.165) is 15.7 Å². The van der Waals surface area contributed by atoms with E-state index in [1.165, 1.54) is 0 Å². The van der Waals surface area contributed by atoms with Crippen LogP contribution in [0, 0.1) is 6.92 Å². The van der Waals surface area contributed by atoms with Gasteiger partial charge < -0.3 is 5.32 Å². The molecule has 136 valence electrons. The molecule has 0 saturated heterocycles. The quantitative estimate of drug-likeness (QED) is 0.592. The number of aromatic nitrogens is 4. The molecule has 3 aromatic rings. The minimum absolute atomic E-state index is 0.115. The Labute approximate surface area is 169 Å². The van der Waals surface area contributed by atoms with Crippen molar-refractivity contribution in [1.29, 1.82) is 0 Å². The molecule has 1 amide bonds. The predicted molar refractivity (Wildman–Crippen MR) is 106 cm³/mol. The SMILES string of the molecule is Cc1cc(NC(=O)CCn2cc(Br)cn2)nn1Cc1ccc(Cl)c(Cl)c1. The monoisotopic (exact) mass is 455 g/mol. The third-order valence-corrected chi connectivity index (χ3v) is 4.88. The smallest absolute Gasteiger partial charge is 0.227 e. The molecule has 0 atom stereocenters. The second kappa shape index (κ2) is 8.24. The van der Waals surface area contributed by atoms with Crippen LogP contribution >= 0.6 is 39.1 Å². The van der Waals surface area contributed by atoms with E-state index >= 15 is 0 Å². The molecule has 6 nitrogen and oxygen atoms in total. The summed E-state index contributed by atoms with van der Waals surface area (Å²) in [6.45, 7) is 2.97. The van der Waals surface area contributed by atoms with E-state index in [2.05, 4.69) is 31.4 Å². The Morgan fingerprint density at radius 1 is 1.27 bits per heavy atom. The first-order chi connectivity index (χ1) is 12.4. The standard InChI is InChI=1S/C17H16BrCl2N5O/c1-11-6-16(22-17(26)4-5-24-10-13(18)8-21-24)23-25(11)9-12-2-3-14(19)15(20)7-12/h2-3,6-8,10H,4-5,9H2,1H3,(H,22,23,26). The third kappa shape index (κ3) is 4.87. The number of anilines is 1. The van der Waals surface area contributed by atoms with Crippen molar-refractivity contribution in [1.82, 2.24) is 19.6 Å². The van der Waals surface area contributed by atoms with Gasteiger partial charge in [0, 0.05) is 30.9 Å². The Morgan fingerprint density at radius 3 is 2.77 bits per heavy atom. The van der Waals surface area contributed by atoms with Crippen LogP contribution < -0.4 is 5.32 Å². The molecule has 1 aromatic carbocycles. The van der Waals surface area contributed by atoms with E-state index in [-0.39, 0.29) is 5.91 Å². The highest BCUT2D eigenvalue weighted by Gasteiger charge is 2.10. The summed E-state index contributed by atoms with van der Waals surface area (Å²) in [4.78, 5) is 12.1. The first-order valence-corrected chi connectivity index (χ1v) is 9.42. The lowest BCUT2D eigenvalue weighted by Gasteiger charge is -2.06. The number of nitrogens with zero attached hydrogens (tertiary/aromatic N) is 4. The van der Waals surface area contributed by atoms with Crippen molar-refractivity contribution in [3.63, 3.8) is 0 Å². The number of aryl methyl sites for hydroxylation is 2. The number of carbonyl (C=O) groups is 1. The Bertz CT molecular complexity index is 937. The summed E-state index contributed by atoms with van der Waals surface area (Å²) in [7, 11) is 0. The van der Waals surface area contributed by atoms with Gasteiger partial charge >= 0.3 is 0 Å².